The van der Waals surface area contributed by atoms with E-state index in [-0.39, 0.29) is 6.09 Å². The van der Waals surface area contributed by atoms with Gasteiger partial charge in [-0.3, -0.25) is 0 Å². The second-order valence-electron chi connectivity index (χ2n) is 6.61. The molecular formula is C14H25NO2. The number of hydrogen-bond acceptors (Lipinski definition) is 2. The van der Waals surface area contributed by atoms with Crippen LogP contribution in [0.2, 0.25) is 0 Å². The molecule has 2 aliphatic rings. The molecule has 3 nitrogen and oxygen atoms in total. The molecule has 2 aliphatic carbocycles. The first-order chi connectivity index (χ1) is 7.94. The zero-order valence-electron chi connectivity index (χ0n) is 11.3. The van der Waals surface area contributed by atoms with Crippen molar-refractivity contribution >= 4 is 6.09 Å². The van der Waals surface area contributed by atoms with Crippen LogP contribution >= 0.6 is 0 Å². The van der Waals surface area contributed by atoms with E-state index < -0.39 is 5.60 Å². The Morgan fingerprint density at radius 1 is 1.12 bits per heavy atom. The number of nitrogens with one attached hydrogen (secondary N) is 1. The van der Waals surface area contributed by atoms with Crippen LogP contribution in [0.15, 0.2) is 0 Å². The van der Waals surface area contributed by atoms with Gasteiger partial charge in [0.1, 0.15) is 5.60 Å². The smallest absolute Gasteiger partial charge is 0.407 e. The Morgan fingerprint density at radius 3 is 2.53 bits per heavy atom. The van der Waals surface area contributed by atoms with Crippen molar-refractivity contribution in [2.45, 2.75) is 70.9 Å². The van der Waals surface area contributed by atoms with Crippen LogP contribution in [0.3, 0.4) is 0 Å². The molecule has 2 saturated carbocycles. The van der Waals surface area contributed by atoms with Crippen LogP contribution in [0.25, 0.3) is 0 Å². The lowest BCUT2D eigenvalue weighted by molar-refractivity contribution is 0.0476. The topological polar surface area (TPSA) is 38.3 Å². The van der Waals surface area contributed by atoms with E-state index >= 15 is 0 Å². The number of fused-ring (bicyclic) bond motifs is 1. The Balaban J connectivity index is 1.78. The Labute approximate surface area is 104 Å². The maximum atomic E-state index is 11.7. The van der Waals surface area contributed by atoms with Crippen LogP contribution in [0, 0.1) is 11.8 Å². The van der Waals surface area contributed by atoms with Crippen molar-refractivity contribution in [1.82, 2.24) is 5.32 Å². The molecule has 0 spiro atoms. The van der Waals surface area contributed by atoms with Crippen LogP contribution in [-0.4, -0.2) is 17.7 Å². The summed E-state index contributed by atoms with van der Waals surface area (Å²) >= 11 is 0. The van der Waals surface area contributed by atoms with E-state index in [1.165, 1.54) is 25.7 Å². The zero-order valence-corrected chi connectivity index (χ0v) is 11.3. The molecule has 0 saturated heterocycles. The minimum absolute atomic E-state index is 0.251. The Bertz CT molecular complexity index is 282. The first-order valence-electron chi connectivity index (χ1n) is 6.93. The maximum absolute atomic E-state index is 11.7. The van der Waals surface area contributed by atoms with Crippen molar-refractivity contribution in [2.24, 2.45) is 11.8 Å². The van der Waals surface area contributed by atoms with E-state index in [0.29, 0.717) is 6.04 Å². The van der Waals surface area contributed by atoms with Gasteiger partial charge < -0.3 is 10.1 Å². The van der Waals surface area contributed by atoms with E-state index in [4.69, 9.17) is 4.74 Å². The van der Waals surface area contributed by atoms with Gasteiger partial charge in [0.15, 0.2) is 0 Å². The molecule has 1 N–H and O–H groups in total. The summed E-state index contributed by atoms with van der Waals surface area (Å²) in [5, 5.41) is 3.03. The summed E-state index contributed by atoms with van der Waals surface area (Å²) in [4.78, 5) is 11.7. The summed E-state index contributed by atoms with van der Waals surface area (Å²) in [6.07, 6.45) is 7.46. The third-order valence-electron chi connectivity index (χ3n) is 4.01. The average Bonchev–Trinajstić information content (AvgIpc) is 2.61. The molecule has 0 aromatic heterocycles. The molecule has 0 bridgehead atoms. The van der Waals surface area contributed by atoms with E-state index in [9.17, 15) is 4.79 Å². The van der Waals surface area contributed by atoms with E-state index in [1.54, 1.807) is 0 Å². The van der Waals surface area contributed by atoms with Crippen LogP contribution in [0.4, 0.5) is 4.79 Å². The maximum Gasteiger partial charge on any atom is 0.407 e. The lowest BCUT2D eigenvalue weighted by Crippen LogP contribution is -2.42. The number of rotatable bonds is 1. The molecule has 2 fully saturated rings. The molecule has 0 aromatic carbocycles. The first-order valence-corrected chi connectivity index (χ1v) is 6.93. The SMILES string of the molecule is CC(C)(C)OC(=O)NC1CC[C@H]2CCC[C@@H]2C1. The molecule has 98 valence electrons. The van der Waals surface area contributed by atoms with Gasteiger partial charge in [0.05, 0.1) is 0 Å². The predicted molar refractivity (Wildman–Crippen MR) is 67.8 cm³/mol. The molecule has 3 atom stereocenters. The fourth-order valence-corrected chi connectivity index (χ4v) is 3.31. The van der Waals surface area contributed by atoms with Gasteiger partial charge in [-0.05, 0) is 51.9 Å². The largest absolute Gasteiger partial charge is 0.444 e. The van der Waals surface area contributed by atoms with Gasteiger partial charge in [-0.25, -0.2) is 4.79 Å². The number of ether oxygens (including phenoxy) is 1. The number of hydrogen-bond donors (Lipinski definition) is 1. The highest BCUT2D eigenvalue weighted by molar-refractivity contribution is 5.68. The Hall–Kier alpha value is -0.730. The molecule has 17 heavy (non-hydrogen) atoms. The van der Waals surface area contributed by atoms with E-state index in [2.05, 4.69) is 5.32 Å². The first kappa shape index (κ1) is 12.7. The van der Waals surface area contributed by atoms with Crippen molar-refractivity contribution in [3.05, 3.63) is 0 Å². The standard InChI is InChI=1S/C14H25NO2/c1-14(2,3)17-13(16)15-12-8-7-10-5-4-6-11(10)9-12/h10-12H,4-9H2,1-3H3,(H,15,16)/t10-,11-,12?/m1/s1. The summed E-state index contributed by atoms with van der Waals surface area (Å²) < 4.78 is 5.30. The number of amides is 1. The molecule has 0 heterocycles. The van der Waals surface area contributed by atoms with E-state index in [0.717, 1.165) is 24.7 Å². The fourth-order valence-electron chi connectivity index (χ4n) is 3.31. The van der Waals surface area contributed by atoms with Crippen LogP contribution in [0.5, 0.6) is 0 Å². The van der Waals surface area contributed by atoms with Gasteiger partial charge >= 0.3 is 6.09 Å². The highest BCUT2D eigenvalue weighted by Crippen LogP contribution is 2.42. The van der Waals surface area contributed by atoms with Gasteiger partial charge in [0.2, 0.25) is 0 Å². The quantitative estimate of drug-likeness (QED) is 0.760. The second kappa shape index (κ2) is 4.87. The summed E-state index contributed by atoms with van der Waals surface area (Å²) in [5.41, 5.74) is -0.394. The fraction of sp³-hybridized carbons (Fsp3) is 0.929. The highest BCUT2D eigenvalue weighted by Gasteiger charge is 2.34. The van der Waals surface area contributed by atoms with Crippen molar-refractivity contribution in [1.29, 1.82) is 0 Å². The molecule has 1 unspecified atom stereocenters. The van der Waals surface area contributed by atoms with Crippen molar-refractivity contribution in [2.75, 3.05) is 0 Å². The van der Waals surface area contributed by atoms with Gasteiger partial charge in [-0.15, -0.1) is 0 Å². The lowest BCUT2D eigenvalue weighted by atomic mass is 9.79. The van der Waals surface area contributed by atoms with E-state index in [1.807, 2.05) is 20.8 Å². The Morgan fingerprint density at radius 2 is 1.82 bits per heavy atom. The predicted octanol–water partition coefficient (Wildman–Crippen LogP) is 3.48. The molecule has 0 radical (unpaired) electrons. The number of carbonyl (C=O) groups excluding carboxylic acids is 1. The van der Waals surface area contributed by atoms with Gasteiger partial charge in [-0.1, -0.05) is 19.3 Å². The monoisotopic (exact) mass is 239 g/mol. The average molecular weight is 239 g/mol. The van der Waals surface area contributed by atoms with Crippen molar-refractivity contribution in [3.63, 3.8) is 0 Å². The van der Waals surface area contributed by atoms with Crippen LogP contribution in [-0.2, 0) is 4.74 Å². The lowest BCUT2D eigenvalue weighted by Gasteiger charge is -2.32. The third kappa shape index (κ3) is 3.62. The van der Waals surface area contributed by atoms with Gasteiger partial charge in [0.25, 0.3) is 0 Å². The number of alkyl carbamates (subject to hydrolysis) is 1. The summed E-state index contributed by atoms with van der Waals surface area (Å²) in [5.74, 6) is 1.79. The molecule has 1 amide bonds. The number of carbonyl (C=O) groups is 1. The summed E-state index contributed by atoms with van der Waals surface area (Å²) in [6, 6.07) is 0.337. The third-order valence-corrected chi connectivity index (χ3v) is 4.01. The van der Waals surface area contributed by atoms with Crippen molar-refractivity contribution < 1.29 is 9.53 Å². The molecule has 2 rings (SSSR count). The molecule has 0 aliphatic heterocycles. The van der Waals surface area contributed by atoms with Crippen molar-refractivity contribution in [3.8, 4) is 0 Å². The zero-order chi connectivity index (χ0) is 12.5. The minimum Gasteiger partial charge on any atom is -0.444 e. The minimum atomic E-state index is -0.394. The van der Waals surface area contributed by atoms with Crippen LogP contribution < -0.4 is 5.32 Å². The van der Waals surface area contributed by atoms with Gasteiger partial charge in [0, 0.05) is 6.04 Å². The molecule has 0 aromatic rings. The Kier molecular flexibility index (Phi) is 3.64. The normalized spacial score (nSPS) is 33.0. The summed E-state index contributed by atoms with van der Waals surface area (Å²) in [6.45, 7) is 5.71. The van der Waals surface area contributed by atoms with Gasteiger partial charge in [-0.2, -0.15) is 0 Å². The van der Waals surface area contributed by atoms with Crippen LogP contribution in [0.1, 0.15) is 59.3 Å². The molecular weight excluding hydrogens is 214 g/mol. The summed E-state index contributed by atoms with van der Waals surface area (Å²) in [7, 11) is 0. The second-order valence-corrected chi connectivity index (χ2v) is 6.61. The molecule has 3 heteroatoms. The highest BCUT2D eigenvalue weighted by atomic mass is 16.6.